The van der Waals surface area contributed by atoms with Crippen LogP contribution in [-0.4, -0.2) is 22.4 Å². The molecule has 0 atom stereocenters. The Hall–Kier alpha value is -1.88. The maximum Gasteiger partial charge on any atom is 0.253 e. The summed E-state index contributed by atoms with van der Waals surface area (Å²) in [6, 6.07) is 4.54. The normalized spacial score (nSPS) is 14.2. The number of halogens is 2. The number of H-pyrrole nitrogens is 1. The van der Waals surface area contributed by atoms with Crippen molar-refractivity contribution in [2.24, 2.45) is 0 Å². The molecule has 1 amide bonds. The van der Waals surface area contributed by atoms with Crippen LogP contribution in [0.25, 0.3) is 11.3 Å². The molecule has 0 unspecified atom stereocenters. The molecule has 92 valence electrons. The van der Waals surface area contributed by atoms with Crippen molar-refractivity contribution in [3.8, 4) is 11.3 Å². The number of carbonyl (C=O) groups excluding carboxylic acids is 1. The molecule has 2 aromatic rings. The topological polar surface area (TPSA) is 57.8 Å². The molecule has 1 aliphatic rings. The molecular weight excluding hydrogens is 257 g/mol. The molecule has 0 aromatic carbocycles. The molecule has 0 saturated heterocycles. The number of hydrogen-bond acceptors (Lipinski definition) is 2. The number of aromatic nitrogens is 2. The maximum atomic E-state index is 13.2. The first-order valence-electron chi connectivity index (χ1n) is 5.47. The van der Waals surface area contributed by atoms with Crippen molar-refractivity contribution in [2.75, 3.05) is 6.54 Å². The number of carbonyl (C=O) groups is 1. The third-order valence-corrected chi connectivity index (χ3v) is 3.07. The van der Waals surface area contributed by atoms with Crippen molar-refractivity contribution in [3.63, 3.8) is 0 Å². The minimum Gasteiger partial charge on any atom is -0.358 e. The molecule has 1 aliphatic heterocycles. The van der Waals surface area contributed by atoms with E-state index < -0.39 is 5.95 Å². The van der Waals surface area contributed by atoms with Gasteiger partial charge in [-0.2, -0.15) is 4.39 Å². The summed E-state index contributed by atoms with van der Waals surface area (Å²) >= 11 is 5.71. The first kappa shape index (κ1) is 11.2. The van der Waals surface area contributed by atoms with E-state index in [1.54, 1.807) is 12.1 Å². The third-order valence-electron chi connectivity index (χ3n) is 2.88. The highest BCUT2D eigenvalue weighted by Gasteiger charge is 2.20. The summed E-state index contributed by atoms with van der Waals surface area (Å²) in [5, 5.41) is 2.84. The van der Waals surface area contributed by atoms with Crippen LogP contribution in [0.1, 0.15) is 16.1 Å². The molecule has 0 spiro atoms. The zero-order valence-electron chi connectivity index (χ0n) is 9.26. The maximum absolute atomic E-state index is 13.2. The van der Waals surface area contributed by atoms with Gasteiger partial charge in [-0.25, -0.2) is 4.98 Å². The molecule has 3 heterocycles. The Bertz CT molecular complexity index is 618. The zero-order valence-corrected chi connectivity index (χ0v) is 10.0. The molecule has 4 nitrogen and oxygen atoms in total. The summed E-state index contributed by atoms with van der Waals surface area (Å²) < 4.78 is 13.2. The van der Waals surface area contributed by atoms with E-state index in [2.05, 4.69) is 15.3 Å². The monoisotopic (exact) mass is 265 g/mol. The highest BCUT2D eigenvalue weighted by Crippen LogP contribution is 2.25. The van der Waals surface area contributed by atoms with Crippen LogP contribution in [-0.2, 0) is 6.42 Å². The van der Waals surface area contributed by atoms with Crippen LogP contribution in [0.5, 0.6) is 0 Å². The van der Waals surface area contributed by atoms with Gasteiger partial charge < -0.3 is 10.3 Å². The van der Waals surface area contributed by atoms with Gasteiger partial charge in [0.1, 0.15) is 5.15 Å². The van der Waals surface area contributed by atoms with Gasteiger partial charge in [-0.3, -0.25) is 4.79 Å². The van der Waals surface area contributed by atoms with Crippen LogP contribution < -0.4 is 5.32 Å². The second-order valence-electron chi connectivity index (χ2n) is 4.08. The lowest BCUT2D eigenvalue weighted by molar-refractivity contribution is 0.0946. The first-order chi connectivity index (χ1) is 8.63. The molecule has 0 bridgehead atoms. The number of rotatable bonds is 1. The van der Waals surface area contributed by atoms with Crippen LogP contribution in [0.3, 0.4) is 0 Å². The van der Waals surface area contributed by atoms with Gasteiger partial charge in [-0.05, 0) is 12.1 Å². The van der Waals surface area contributed by atoms with E-state index in [4.69, 9.17) is 11.6 Å². The first-order valence-corrected chi connectivity index (χ1v) is 5.85. The number of amides is 1. The lowest BCUT2D eigenvalue weighted by Gasteiger charge is -2.10. The van der Waals surface area contributed by atoms with Gasteiger partial charge in [0.15, 0.2) is 0 Å². The van der Waals surface area contributed by atoms with Crippen molar-refractivity contribution in [3.05, 3.63) is 40.6 Å². The van der Waals surface area contributed by atoms with Gasteiger partial charge >= 0.3 is 0 Å². The molecule has 6 heteroatoms. The average molecular weight is 266 g/mol. The molecular formula is C12H9ClFN3O. The molecule has 18 heavy (non-hydrogen) atoms. The van der Waals surface area contributed by atoms with Crippen LogP contribution in [0, 0.1) is 5.95 Å². The summed E-state index contributed by atoms with van der Waals surface area (Å²) in [4.78, 5) is 18.2. The molecule has 0 aliphatic carbocycles. The largest absolute Gasteiger partial charge is 0.358 e. The number of hydrogen-bond donors (Lipinski definition) is 2. The van der Waals surface area contributed by atoms with Gasteiger partial charge in [-0.1, -0.05) is 11.6 Å². The summed E-state index contributed by atoms with van der Waals surface area (Å²) in [6.45, 7) is 0.608. The van der Waals surface area contributed by atoms with Crippen LogP contribution in [0.4, 0.5) is 4.39 Å². The van der Waals surface area contributed by atoms with E-state index in [-0.39, 0.29) is 11.1 Å². The second kappa shape index (κ2) is 4.10. The van der Waals surface area contributed by atoms with E-state index in [0.717, 1.165) is 12.1 Å². The highest BCUT2D eigenvalue weighted by atomic mass is 35.5. The average Bonchev–Trinajstić information content (AvgIpc) is 2.73. The Morgan fingerprint density at radius 3 is 2.89 bits per heavy atom. The number of aromatic amines is 1. The van der Waals surface area contributed by atoms with Crippen LogP contribution in [0.15, 0.2) is 18.2 Å². The molecule has 2 aromatic heterocycles. The van der Waals surface area contributed by atoms with Gasteiger partial charge in [0.2, 0.25) is 5.95 Å². The van der Waals surface area contributed by atoms with E-state index in [0.29, 0.717) is 23.4 Å². The fraction of sp³-hybridized carbons (Fsp3) is 0.167. The summed E-state index contributed by atoms with van der Waals surface area (Å²) in [7, 11) is 0. The van der Waals surface area contributed by atoms with Gasteiger partial charge in [-0.15, -0.1) is 0 Å². The van der Waals surface area contributed by atoms with Gasteiger partial charge in [0.25, 0.3) is 5.91 Å². The lowest BCUT2D eigenvalue weighted by atomic mass is 10.1. The van der Waals surface area contributed by atoms with E-state index >= 15 is 0 Å². The molecule has 0 fully saturated rings. The zero-order chi connectivity index (χ0) is 12.7. The fourth-order valence-corrected chi connectivity index (χ4v) is 2.27. The predicted molar refractivity (Wildman–Crippen MR) is 65.0 cm³/mol. The van der Waals surface area contributed by atoms with Crippen molar-refractivity contribution in [1.29, 1.82) is 0 Å². The van der Waals surface area contributed by atoms with Crippen LogP contribution in [0.2, 0.25) is 5.15 Å². The fourth-order valence-electron chi connectivity index (χ4n) is 2.07. The molecule has 3 rings (SSSR count). The number of pyridine rings is 1. The Morgan fingerprint density at radius 1 is 1.33 bits per heavy atom. The quantitative estimate of drug-likeness (QED) is 0.777. The van der Waals surface area contributed by atoms with Crippen molar-refractivity contribution in [1.82, 2.24) is 15.3 Å². The van der Waals surface area contributed by atoms with E-state index in [1.165, 1.54) is 6.07 Å². The van der Waals surface area contributed by atoms with Crippen molar-refractivity contribution < 1.29 is 9.18 Å². The third kappa shape index (κ3) is 1.86. The Kier molecular flexibility index (Phi) is 2.56. The molecule has 0 saturated carbocycles. The number of nitrogens with zero attached hydrogens (tertiary/aromatic N) is 1. The number of fused-ring (bicyclic) bond motifs is 1. The summed E-state index contributed by atoms with van der Waals surface area (Å²) in [5.41, 5.74) is 2.71. The smallest absolute Gasteiger partial charge is 0.253 e. The van der Waals surface area contributed by atoms with E-state index in [9.17, 15) is 9.18 Å². The number of nitrogens with one attached hydrogen (secondary N) is 2. The Labute approximate surface area is 107 Å². The van der Waals surface area contributed by atoms with Gasteiger partial charge in [0.05, 0.1) is 5.56 Å². The SMILES string of the molecule is O=C1NCCc2[nH]c(-c3cc(F)nc(Cl)c3)cc21. The standard InChI is InChI=1S/C12H9ClFN3O/c13-10-3-6(4-11(14)17-10)9-5-7-8(16-9)1-2-15-12(7)18/h3-5,16H,1-2H2,(H,15,18). The van der Waals surface area contributed by atoms with Crippen LogP contribution >= 0.6 is 11.6 Å². The van der Waals surface area contributed by atoms with Crippen molar-refractivity contribution in [2.45, 2.75) is 6.42 Å². The highest BCUT2D eigenvalue weighted by molar-refractivity contribution is 6.29. The van der Waals surface area contributed by atoms with E-state index in [1.807, 2.05) is 0 Å². The Morgan fingerprint density at radius 2 is 2.17 bits per heavy atom. The second-order valence-corrected chi connectivity index (χ2v) is 4.47. The molecule has 0 radical (unpaired) electrons. The summed E-state index contributed by atoms with van der Waals surface area (Å²) in [5.74, 6) is -0.756. The predicted octanol–water partition coefficient (Wildman–Crippen LogP) is 2.16. The van der Waals surface area contributed by atoms with Crippen molar-refractivity contribution >= 4 is 17.5 Å². The molecule has 2 N–H and O–H groups in total. The Balaban J connectivity index is 2.10. The minimum atomic E-state index is -0.644. The lowest BCUT2D eigenvalue weighted by Crippen LogP contribution is -2.31. The summed E-state index contributed by atoms with van der Waals surface area (Å²) in [6.07, 6.45) is 0.738. The van der Waals surface area contributed by atoms with Gasteiger partial charge in [0, 0.05) is 36.0 Å². The minimum absolute atomic E-state index is 0.0852.